The molecule has 1 amide bonds. The van der Waals surface area contributed by atoms with Gasteiger partial charge in [-0.1, -0.05) is 36.4 Å². The van der Waals surface area contributed by atoms with Crippen molar-refractivity contribution in [1.29, 1.82) is 0 Å². The summed E-state index contributed by atoms with van der Waals surface area (Å²) in [5.74, 6) is 0.447. The lowest BCUT2D eigenvalue weighted by atomic mass is 10.2. The maximum atomic E-state index is 12.6. The summed E-state index contributed by atoms with van der Waals surface area (Å²) < 4.78 is 1.81. The number of hydrogen-bond acceptors (Lipinski definition) is 5. The van der Waals surface area contributed by atoms with E-state index >= 15 is 0 Å². The molecule has 0 aliphatic carbocycles. The number of carbonyl (C=O) groups excluding carboxylic acids is 1. The Morgan fingerprint density at radius 2 is 1.74 bits per heavy atom. The van der Waals surface area contributed by atoms with E-state index < -0.39 is 0 Å². The topological polar surface area (TPSA) is 84.7 Å². The molecule has 1 aromatic carbocycles. The van der Waals surface area contributed by atoms with Gasteiger partial charge in [-0.3, -0.25) is 9.78 Å². The number of nitrogens with zero attached hydrogens (tertiary/aromatic N) is 4. The fraction of sp³-hybridized carbons (Fsp3) is 0.167. The first kappa shape index (κ1) is 20.3. The Morgan fingerprint density at radius 1 is 0.968 bits per heavy atom. The third-order valence-corrected chi connectivity index (χ3v) is 4.91. The van der Waals surface area contributed by atoms with E-state index in [2.05, 4.69) is 25.6 Å². The van der Waals surface area contributed by atoms with Crippen molar-refractivity contribution in [3.05, 3.63) is 96.3 Å². The number of anilines is 1. The van der Waals surface area contributed by atoms with Gasteiger partial charge in [0.15, 0.2) is 0 Å². The largest absolute Gasteiger partial charge is 0.350 e. The standard InChI is InChI=1S/C24H24N6O/c1-30-17-19(13-22(30)23(31)26-12-10-21-9-5-6-11-25-21)20-15-28-24(29-16-20)27-14-18-7-3-2-4-8-18/h2-9,11,13,15-17H,10,12,14H2,1H3,(H,26,31)(H,27,28,29). The molecule has 4 rings (SSSR count). The lowest BCUT2D eigenvalue weighted by molar-refractivity contribution is 0.0946. The average Bonchev–Trinajstić information content (AvgIpc) is 3.21. The van der Waals surface area contributed by atoms with Crippen LogP contribution in [0.25, 0.3) is 11.1 Å². The number of aryl methyl sites for hydroxylation is 1. The van der Waals surface area contributed by atoms with Crippen molar-refractivity contribution in [2.24, 2.45) is 7.05 Å². The molecule has 0 saturated carbocycles. The molecule has 3 aromatic heterocycles. The van der Waals surface area contributed by atoms with E-state index in [9.17, 15) is 4.79 Å². The number of nitrogens with one attached hydrogen (secondary N) is 2. The lowest BCUT2D eigenvalue weighted by Gasteiger charge is -2.05. The Morgan fingerprint density at radius 3 is 2.48 bits per heavy atom. The van der Waals surface area contributed by atoms with Gasteiger partial charge in [-0.25, -0.2) is 9.97 Å². The van der Waals surface area contributed by atoms with Crippen LogP contribution in [0.3, 0.4) is 0 Å². The molecule has 0 aliphatic rings. The van der Waals surface area contributed by atoms with Crippen LogP contribution in [0.5, 0.6) is 0 Å². The zero-order valence-corrected chi connectivity index (χ0v) is 17.3. The van der Waals surface area contributed by atoms with E-state index in [0.29, 0.717) is 31.2 Å². The minimum Gasteiger partial charge on any atom is -0.350 e. The molecule has 0 saturated heterocycles. The minimum absolute atomic E-state index is 0.119. The zero-order chi connectivity index (χ0) is 21.5. The average molecular weight is 412 g/mol. The van der Waals surface area contributed by atoms with E-state index in [1.807, 2.05) is 72.4 Å². The molecular formula is C24H24N6O. The van der Waals surface area contributed by atoms with Crippen LogP contribution in [0.15, 0.2) is 79.4 Å². The van der Waals surface area contributed by atoms with Crippen molar-refractivity contribution in [2.75, 3.05) is 11.9 Å². The third-order valence-electron chi connectivity index (χ3n) is 4.91. The van der Waals surface area contributed by atoms with Crippen LogP contribution in [0, 0.1) is 0 Å². The van der Waals surface area contributed by atoms with Gasteiger partial charge >= 0.3 is 0 Å². The van der Waals surface area contributed by atoms with Crippen LogP contribution in [-0.2, 0) is 20.0 Å². The summed E-state index contributed by atoms with van der Waals surface area (Å²) in [5, 5.41) is 6.17. The van der Waals surface area contributed by atoms with Crippen LogP contribution in [0.2, 0.25) is 0 Å². The molecule has 3 heterocycles. The maximum absolute atomic E-state index is 12.6. The number of carbonyl (C=O) groups is 1. The molecule has 7 heteroatoms. The summed E-state index contributed by atoms with van der Waals surface area (Å²) in [5.41, 5.74) is 4.45. The van der Waals surface area contributed by atoms with Gasteiger partial charge in [0.2, 0.25) is 5.95 Å². The molecule has 4 aromatic rings. The number of amides is 1. The molecule has 0 bridgehead atoms. The summed E-state index contributed by atoms with van der Waals surface area (Å²) in [7, 11) is 1.85. The van der Waals surface area contributed by atoms with Crippen LogP contribution in [-0.4, -0.2) is 32.0 Å². The summed E-state index contributed by atoms with van der Waals surface area (Å²) in [6.07, 6.45) is 7.88. The van der Waals surface area contributed by atoms with E-state index in [4.69, 9.17) is 0 Å². The van der Waals surface area contributed by atoms with Crippen molar-refractivity contribution < 1.29 is 4.79 Å². The van der Waals surface area contributed by atoms with Crippen molar-refractivity contribution >= 4 is 11.9 Å². The highest BCUT2D eigenvalue weighted by atomic mass is 16.1. The normalized spacial score (nSPS) is 10.6. The monoisotopic (exact) mass is 412 g/mol. The summed E-state index contributed by atoms with van der Waals surface area (Å²) in [4.78, 5) is 25.6. The molecule has 7 nitrogen and oxygen atoms in total. The Balaban J connectivity index is 1.35. The minimum atomic E-state index is -0.119. The number of aromatic nitrogens is 4. The lowest BCUT2D eigenvalue weighted by Crippen LogP contribution is -2.27. The van der Waals surface area contributed by atoms with Gasteiger partial charge in [0.05, 0.1) is 0 Å². The second-order valence-corrected chi connectivity index (χ2v) is 7.19. The second kappa shape index (κ2) is 9.67. The van der Waals surface area contributed by atoms with E-state index in [1.165, 1.54) is 0 Å². The summed E-state index contributed by atoms with van der Waals surface area (Å²) in [6, 6.07) is 17.7. The van der Waals surface area contributed by atoms with Gasteiger partial charge in [-0.05, 0) is 23.8 Å². The first-order chi connectivity index (χ1) is 15.2. The Bertz CT molecular complexity index is 1120. The van der Waals surface area contributed by atoms with E-state index in [-0.39, 0.29) is 5.91 Å². The van der Waals surface area contributed by atoms with Crippen LogP contribution in [0.4, 0.5) is 5.95 Å². The van der Waals surface area contributed by atoms with Crippen molar-refractivity contribution in [3.8, 4) is 11.1 Å². The van der Waals surface area contributed by atoms with Gasteiger partial charge in [0.25, 0.3) is 5.91 Å². The van der Waals surface area contributed by atoms with Crippen molar-refractivity contribution in [1.82, 2.24) is 24.8 Å². The van der Waals surface area contributed by atoms with Crippen molar-refractivity contribution in [2.45, 2.75) is 13.0 Å². The van der Waals surface area contributed by atoms with Crippen molar-refractivity contribution in [3.63, 3.8) is 0 Å². The molecule has 0 fully saturated rings. The highest BCUT2D eigenvalue weighted by molar-refractivity contribution is 5.94. The highest BCUT2D eigenvalue weighted by Crippen LogP contribution is 2.21. The molecule has 156 valence electrons. The summed E-state index contributed by atoms with van der Waals surface area (Å²) in [6.45, 7) is 1.19. The fourth-order valence-corrected chi connectivity index (χ4v) is 3.23. The number of rotatable bonds is 8. The number of benzene rings is 1. The molecule has 0 radical (unpaired) electrons. The number of hydrogen-bond donors (Lipinski definition) is 2. The first-order valence-electron chi connectivity index (χ1n) is 10.1. The van der Waals surface area contributed by atoms with Crippen LogP contribution in [0.1, 0.15) is 21.7 Å². The SMILES string of the molecule is Cn1cc(-c2cnc(NCc3ccccc3)nc2)cc1C(=O)NCCc1ccccn1. The Hall–Kier alpha value is -4.00. The zero-order valence-electron chi connectivity index (χ0n) is 17.3. The summed E-state index contributed by atoms with van der Waals surface area (Å²) >= 11 is 0. The predicted octanol–water partition coefficient (Wildman–Crippen LogP) is 3.46. The van der Waals surface area contributed by atoms with Crippen LogP contribution >= 0.6 is 0 Å². The van der Waals surface area contributed by atoms with Gasteiger partial charge in [-0.2, -0.15) is 0 Å². The third kappa shape index (κ3) is 5.33. The van der Waals surface area contributed by atoms with Crippen LogP contribution < -0.4 is 10.6 Å². The van der Waals surface area contributed by atoms with Gasteiger partial charge in [-0.15, -0.1) is 0 Å². The first-order valence-corrected chi connectivity index (χ1v) is 10.1. The Kier molecular flexibility index (Phi) is 6.32. The molecule has 0 spiro atoms. The molecule has 0 atom stereocenters. The second-order valence-electron chi connectivity index (χ2n) is 7.19. The molecule has 2 N–H and O–H groups in total. The van der Waals surface area contributed by atoms with Gasteiger partial charge in [0, 0.05) is 68.2 Å². The smallest absolute Gasteiger partial charge is 0.267 e. The van der Waals surface area contributed by atoms with Gasteiger partial charge in [0.1, 0.15) is 5.69 Å². The van der Waals surface area contributed by atoms with E-state index in [0.717, 1.165) is 22.4 Å². The molecule has 0 aliphatic heterocycles. The number of pyridine rings is 1. The van der Waals surface area contributed by atoms with E-state index in [1.54, 1.807) is 18.6 Å². The maximum Gasteiger partial charge on any atom is 0.267 e. The highest BCUT2D eigenvalue weighted by Gasteiger charge is 2.13. The molecule has 0 unspecified atom stereocenters. The predicted molar refractivity (Wildman–Crippen MR) is 120 cm³/mol. The fourth-order valence-electron chi connectivity index (χ4n) is 3.23. The van der Waals surface area contributed by atoms with Gasteiger partial charge < -0.3 is 15.2 Å². The quantitative estimate of drug-likeness (QED) is 0.463. The molecule has 31 heavy (non-hydrogen) atoms. The molecular weight excluding hydrogens is 388 g/mol. The Labute approximate surface area is 181 Å².